The summed E-state index contributed by atoms with van der Waals surface area (Å²) in [5, 5.41) is 12.0. The molecule has 2 atom stereocenters. The first kappa shape index (κ1) is 18.9. The smallest absolute Gasteiger partial charge is 0.257 e. The van der Waals surface area contributed by atoms with Crippen molar-refractivity contribution in [3.8, 4) is 5.75 Å². The van der Waals surface area contributed by atoms with E-state index >= 15 is 0 Å². The van der Waals surface area contributed by atoms with E-state index in [9.17, 15) is 4.79 Å². The number of carbonyl (C=O) groups is 1. The number of aryl methyl sites for hydroxylation is 1. The summed E-state index contributed by atoms with van der Waals surface area (Å²) in [5.41, 5.74) is 8.77. The first-order valence-electron chi connectivity index (χ1n) is 7.28. The molecule has 3 N–H and O–H groups in total. The Labute approximate surface area is 156 Å². The first-order chi connectivity index (χ1) is 10.6. The Morgan fingerprint density at radius 3 is 2.75 bits per heavy atom. The molecule has 24 heavy (non-hydrogen) atoms. The average Bonchev–Trinajstić information content (AvgIpc) is 2.89. The van der Waals surface area contributed by atoms with Crippen LogP contribution in [0.2, 0.25) is 0 Å². The monoisotopic (exact) mass is 388 g/mol. The molecule has 1 aromatic carbocycles. The van der Waals surface area contributed by atoms with Gasteiger partial charge in [0.2, 0.25) is 5.13 Å². The van der Waals surface area contributed by atoms with Crippen LogP contribution in [-0.2, 0) is 6.42 Å². The van der Waals surface area contributed by atoms with Gasteiger partial charge < -0.3 is 10.5 Å². The predicted octanol–water partition coefficient (Wildman–Crippen LogP) is 2.69. The normalized spacial score (nSPS) is 20.2. The summed E-state index contributed by atoms with van der Waals surface area (Å²) in [4.78, 5) is 12.5. The van der Waals surface area contributed by atoms with Gasteiger partial charge in [-0.3, -0.25) is 10.1 Å². The number of amides is 1. The molecule has 1 aliphatic carbocycles. The maximum absolute atomic E-state index is 12.5. The number of nitrogens with one attached hydrogen (secondary N) is 1. The van der Waals surface area contributed by atoms with E-state index in [2.05, 4.69) is 15.5 Å². The highest BCUT2D eigenvalue weighted by Crippen LogP contribution is 2.46. The van der Waals surface area contributed by atoms with Crippen molar-refractivity contribution in [3.63, 3.8) is 0 Å². The molecule has 1 amide bonds. The van der Waals surface area contributed by atoms with E-state index < -0.39 is 0 Å². The topological polar surface area (TPSA) is 90.1 Å². The summed E-state index contributed by atoms with van der Waals surface area (Å²) in [5.74, 6) is 1.07. The fourth-order valence-electron chi connectivity index (χ4n) is 2.83. The highest BCUT2D eigenvalue weighted by Gasteiger charge is 2.39. The zero-order valence-corrected chi connectivity index (χ0v) is 15.4. The van der Waals surface area contributed by atoms with Gasteiger partial charge in [0, 0.05) is 23.9 Å². The van der Waals surface area contributed by atoms with Crippen LogP contribution in [0.25, 0.3) is 0 Å². The van der Waals surface area contributed by atoms with E-state index in [0.29, 0.717) is 23.2 Å². The van der Waals surface area contributed by atoms with Gasteiger partial charge >= 0.3 is 0 Å². The number of anilines is 1. The van der Waals surface area contributed by atoms with E-state index in [0.717, 1.165) is 34.7 Å². The summed E-state index contributed by atoms with van der Waals surface area (Å²) < 4.78 is 5.73. The van der Waals surface area contributed by atoms with E-state index in [-0.39, 0.29) is 36.8 Å². The lowest BCUT2D eigenvalue weighted by Crippen LogP contribution is -2.13. The number of aromatic nitrogens is 2. The maximum Gasteiger partial charge on any atom is 0.257 e. The minimum Gasteiger partial charge on any atom is -0.493 e. The second kappa shape index (κ2) is 7.23. The molecular formula is C15H18Cl2N4O2S. The van der Waals surface area contributed by atoms with Crippen LogP contribution < -0.4 is 15.8 Å². The number of fused-ring (bicyclic) bond motifs is 1. The second-order valence-electron chi connectivity index (χ2n) is 5.74. The van der Waals surface area contributed by atoms with Gasteiger partial charge in [0.25, 0.3) is 5.91 Å². The molecule has 1 aromatic heterocycles. The maximum atomic E-state index is 12.5. The number of nitrogens with two attached hydrogens (primary N) is 1. The number of hydrogen-bond donors (Lipinski definition) is 2. The number of carbonyl (C=O) groups excluding carboxylic acids is 1. The lowest BCUT2D eigenvalue weighted by Gasteiger charge is -2.10. The Hall–Kier alpha value is -1.41. The molecular weight excluding hydrogens is 371 g/mol. The van der Waals surface area contributed by atoms with Crippen molar-refractivity contribution in [2.24, 2.45) is 5.73 Å². The van der Waals surface area contributed by atoms with Crippen molar-refractivity contribution in [1.82, 2.24) is 10.2 Å². The van der Waals surface area contributed by atoms with Crippen LogP contribution in [0.1, 0.15) is 38.8 Å². The lowest BCUT2D eigenvalue weighted by molar-refractivity contribution is 0.102. The number of halogens is 2. The van der Waals surface area contributed by atoms with Crippen LogP contribution in [0.15, 0.2) is 12.1 Å². The standard InChI is InChI=1S/C15H16N4O2S.2ClH/c1-7-18-19-15(22-7)17-14(20)9-4-8-2-3-21-13(8)11(5-9)10-6-12(10)16;;/h4-5,10,12H,2-3,6,16H2,1H3,(H,17,19,20);2*1H. The molecule has 0 bridgehead atoms. The third-order valence-corrected chi connectivity index (χ3v) is 4.81. The van der Waals surface area contributed by atoms with Gasteiger partial charge in [-0.05, 0) is 36.6 Å². The van der Waals surface area contributed by atoms with Crippen molar-refractivity contribution >= 4 is 47.2 Å². The number of benzene rings is 1. The van der Waals surface area contributed by atoms with Crippen LogP contribution >= 0.6 is 36.2 Å². The summed E-state index contributed by atoms with van der Waals surface area (Å²) >= 11 is 1.36. The molecule has 0 radical (unpaired) electrons. The molecule has 2 heterocycles. The highest BCUT2D eigenvalue weighted by atomic mass is 35.5. The second-order valence-corrected chi connectivity index (χ2v) is 6.92. The van der Waals surface area contributed by atoms with Crippen LogP contribution in [0.5, 0.6) is 5.75 Å². The van der Waals surface area contributed by atoms with Gasteiger partial charge in [-0.2, -0.15) is 0 Å². The Morgan fingerprint density at radius 2 is 2.12 bits per heavy atom. The summed E-state index contributed by atoms with van der Waals surface area (Å²) in [6.07, 6.45) is 1.79. The Balaban J connectivity index is 0.00000104. The number of nitrogens with zero attached hydrogens (tertiary/aromatic N) is 2. The molecule has 2 aromatic rings. The molecule has 1 aliphatic heterocycles. The summed E-state index contributed by atoms with van der Waals surface area (Å²) in [7, 11) is 0. The molecule has 130 valence electrons. The van der Waals surface area contributed by atoms with Crippen molar-refractivity contribution < 1.29 is 9.53 Å². The molecule has 2 unspecified atom stereocenters. The molecule has 2 aliphatic rings. The van der Waals surface area contributed by atoms with Crippen molar-refractivity contribution in [2.45, 2.75) is 31.7 Å². The van der Waals surface area contributed by atoms with Crippen LogP contribution in [0, 0.1) is 6.92 Å². The fourth-order valence-corrected chi connectivity index (χ4v) is 3.42. The number of hydrogen-bond acceptors (Lipinski definition) is 6. The Bertz CT molecular complexity index is 768. The third-order valence-electron chi connectivity index (χ3n) is 4.06. The van der Waals surface area contributed by atoms with E-state index in [1.165, 1.54) is 11.3 Å². The van der Waals surface area contributed by atoms with Crippen LogP contribution in [0.4, 0.5) is 5.13 Å². The SMILES string of the molecule is Cc1nnc(NC(=O)c2cc3c(c(C4CC4N)c2)OCC3)s1.Cl.Cl. The van der Waals surface area contributed by atoms with Crippen molar-refractivity contribution in [1.29, 1.82) is 0 Å². The third kappa shape index (κ3) is 3.49. The first-order valence-corrected chi connectivity index (χ1v) is 8.10. The average molecular weight is 389 g/mol. The molecule has 6 nitrogen and oxygen atoms in total. The van der Waals surface area contributed by atoms with Gasteiger partial charge in [-0.1, -0.05) is 11.3 Å². The van der Waals surface area contributed by atoms with Gasteiger partial charge in [-0.25, -0.2) is 0 Å². The largest absolute Gasteiger partial charge is 0.493 e. The highest BCUT2D eigenvalue weighted by molar-refractivity contribution is 7.15. The minimum atomic E-state index is -0.165. The van der Waals surface area contributed by atoms with Gasteiger partial charge in [0.1, 0.15) is 10.8 Å². The number of ether oxygens (including phenoxy) is 1. The molecule has 1 saturated carbocycles. The molecule has 0 saturated heterocycles. The fraction of sp³-hybridized carbons (Fsp3) is 0.400. The zero-order chi connectivity index (χ0) is 15.3. The van der Waals surface area contributed by atoms with Crippen LogP contribution in [-0.4, -0.2) is 28.8 Å². The minimum absolute atomic E-state index is 0. The predicted molar refractivity (Wildman–Crippen MR) is 98.1 cm³/mol. The quantitative estimate of drug-likeness (QED) is 0.843. The summed E-state index contributed by atoms with van der Waals surface area (Å²) in [6.45, 7) is 2.53. The Morgan fingerprint density at radius 1 is 1.38 bits per heavy atom. The molecule has 0 spiro atoms. The zero-order valence-electron chi connectivity index (χ0n) is 12.9. The number of rotatable bonds is 3. The van der Waals surface area contributed by atoms with E-state index in [1.807, 2.05) is 19.1 Å². The summed E-state index contributed by atoms with van der Waals surface area (Å²) in [6, 6.07) is 3.99. The molecule has 4 rings (SSSR count). The Kier molecular flexibility index (Phi) is 5.70. The lowest BCUT2D eigenvalue weighted by atomic mass is 9.99. The van der Waals surface area contributed by atoms with E-state index in [4.69, 9.17) is 10.5 Å². The van der Waals surface area contributed by atoms with Gasteiger partial charge in [0.15, 0.2) is 0 Å². The van der Waals surface area contributed by atoms with Crippen molar-refractivity contribution in [2.75, 3.05) is 11.9 Å². The van der Waals surface area contributed by atoms with Gasteiger partial charge in [-0.15, -0.1) is 35.0 Å². The molecule has 1 fully saturated rings. The van der Waals surface area contributed by atoms with Crippen LogP contribution in [0.3, 0.4) is 0 Å². The van der Waals surface area contributed by atoms with Crippen molar-refractivity contribution in [3.05, 3.63) is 33.8 Å². The van der Waals surface area contributed by atoms with Gasteiger partial charge in [0.05, 0.1) is 6.61 Å². The van der Waals surface area contributed by atoms with E-state index in [1.54, 1.807) is 0 Å². The molecule has 9 heteroatoms.